The van der Waals surface area contributed by atoms with Gasteiger partial charge in [0.15, 0.2) is 0 Å². The Bertz CT molecular complexity index is 489. The lowest BCUT2D eigenvalue weighted by molar-refractivity contribution is -0.131. The van der Waals surface area contributed by atoms with Crippen LogP contribution in [0.1, 0.15) is 24.3 Å². The molecule has 1 N–H and O–H groups in total. The summed E-state index contributed by atoms with van der Waals surface area (Å²) in [5.41, 5.74) is 1.27. The molecule has 2 unspecified atom stereocenters. The number of hydrogen-bond acceptors (Lipinski definition) is 3. The van der Waals surface area contributed by atoms with Crippen molar-refractivity contribution in [2.24, 2.45) is 0 Å². The van der Waals surface area contributed by atoms with E-state index in [0.29, 0.717) is 18.9 Å². The van der Waals surface area contributed by atoms with Gasteiger partial charge in [0.1, 0.15) is 0 Å². The van der Waals surface area contributed by atoms with E-state index in [2.05, 4.69) is 17.4 Å². The Labute approximate surface area is 142 Å². The third kappa shape index (κ3) is 4.35. The number of nitrogens with zero attached hydrogens (tertiary/aromatic N) is 1. The van der Waals surface area contributed by atoms with Gasteiger partial charge in [-0.15, -0.1) is 12.4 Å². The van der Waals surface area contributed by atoms with Crippen molar-refractivity contribution in [1.82, 2.24) is 10.2 Å². The molecule has 122 valence electrons. The molecule has 0 saturated carbocycles. The van der Waals surface area contributed by atoms with Crippen LogP contribution in [0.15, 0.2) is 24.3 Å². The summed E-state index contributed by atoms with van der Waals surface area (Å²) in [5.74, 6) is 0.663. The first-order chi connectivity index (χ1) is 10.2. The van der Waals surface area contributed by atoms with Crippen LogP contribution >= 0.6 is 24.0 Å². The maximum Gasteiger partial charge on any atom is 0.224 e. The van der Waals surface area contributed by atoms with E-state index in [1.54, 1.807) is 0 Å². The number of rotatable bonds is 3. The van der Waals surface area contributed by atoms with Gasteiger partial charge in [-0.05, 0) is 24.1 Å². The van der Waals surface area contributed by atoms with Gasteiger partial charge in [0.25, 0.3) is 0 Å². The Kier molecular flexibility index (Phi) is 6.50. The fourth-order valence-corrected chi connectivity index (χ4v) is 3.21. The highest BCUT2D eigenvalue weighted by Gasteiger charge is 2.29. The molecule has 2 aliphatic heterocycles. The topological polar surface area (TPSA) is 41.6 Å². The van der Waals surface area contributed by atoms with Gasteiger partial charge in [-0.3, -0.25) is 4.79 Å². The van der Waals surface area contributed by atoms with Crippen LogP contribution in [0.25, 0.3) is 0 Å². The maximum absolute atomic E-state index is 12.4. The fraction of sp³-hybridized carbons (Fsp3) is 0.562. The molecule has 1 aromatic carbocycles. The van der Waals surface area contributed by atoms with Crippen molar-refractivity contribution in [2.45, 2.75) is 24.8 Å². The Morgan fingerprint density at radius 1 is 1.36 bits per heavy atom. The Morgan fingerprint density at radius 3 is 2.82 bits per heavy atom. The second-order valence-corrected chi connectivity index (χ2v) is 6.24. The molecule has 3 rings (SSSR count). The van der Waals surface area contributed by atoms with Crippen LogP contribution in [0.4, 0.5) is 0 Å². The van der Waals surface area contributed by atoms with Crippen LogP contribution < -0.4 is 5.32 Å². The number of likely N-dealkylation sites (tertiary alicyclic amines) is 1. The molecule has 1 amide bonds. The molecule has 6 heteroatoms. The minimum Gasteiger partial charge on any atom is -0.378 e. The lowest BCUT2D eigenvalue weighted by atomic mass is 9.99. The zero-order chi connectivity index (χ0) is 14.7. The van der Waals surface area contributed by atoms with Gasteiger partial charge in [0, 0.05) is 43.0 Å². The van der Waals surface area contributed by atoms with E-state index in [-0.39, 0.29) is 24.4 Å². The second kappa shape index (κ2) is 8.16. The summed E-state index contributed by atoms with van der Waals surface area (Å²) in [6, 6.07) is 8.14. The summed E-state index contributed by atoms with van der Waals surface area (Å²) in [6.45, 7) is 3.88. The average Bonchev–Trinajstić information content (AvgIpc) is 2.99. The minimum atomic E-state index is 0. The predicted molar refractivity (Wildman–Crippen MR) is 89.9 cm³/mol. The molecule has 0 radical (unpaired) electrons. The van der Waals surface area contributed by atoms with E-state index in [0.717, 1.165) is 37.7 Å². The average molecular weight is 345 g/mol. The first-order valence-corrected chi connectivity index (χ1v) is 7.94. The summed E-state index contributed by atoms with van der Waals surface area (Å²) < 4.78 is 5.40. The Morgan fingerprint density at radius 2 is 2.14 bits per heavy atom. The number of carbonyl (C=O) groups excluding carboxylic acids is 1. The fourth-order valence-electron chi connectivity index (χ4n) is 3.08. The van der Waals surface area contributed by atoms with Crippen molar-refractivity contribution in [3.8, 4) is 0 Å². The molecule has 2 fully saturated rings. The largest absolute Gasteiger partial charge is 0.378 e. The van der Waals surface area contributed by atoms with Crippen LogP contribution in [0.2, 0.25) is 5.02 Å². The third-order valence-electron chi connectivity index (χ3n) is 4.30. The summed E-state index contributed by atoms with van der Waals surface area (Å²) in [6.07, 6.45) is 1.56. The van der Waals surface area contributed by atoms with Crippen molar-refractivity contribution >= 4 is 29.9 Å². The number of halogens is 2. The minimum absolute atomic E-state index is 0. The standard InChI is InChI=1S/C16H21ClN2O2.ClH/c17-14-3-1-12(2-4-14)13-5-7-19(10-13)16(20)9-15-11-21-8-6-18-15;/h1-4,13,15,18H,5-11H2;1H. The first kappa shape index (κ1) is 17.5. The summed E-state index contributed by atoms with van der Waals surface area (Å²) in [5, 5.41) is 4.09. The summed E-state index contributed by atoms with van der Waals surface area (Å²) >= 11 is 5.92. The molecule has 1 aromatic rings. The molecule has 2 atom stereocenters. The SMILES string of the molecule is Cl.O=C(CC1COCCN1)N1CCC(c2ccc(Cl)cc2)C1. The summed E-state index contributed by atoms with van der Waals surface area (Å²) in [7, 11) is 0. The maximum atomic E-state index is 12.4. The number of nitrogens with one attached hydrogen (secondary N) is 1. The smallest absolute Gasteiger partial charge is 0.224 e. The van der Waals surface area contributed by atoms with Crippen molar-refractivity contribution in [3.05, 3.63) is 34.9 Å². The Hall–Kier alpha value is -0.810. The van der Waals surface area contributed by atoms with Crippen LogP contribution in [0.5, 0.6) is 0 Å². The highest BCUT2D eigenvalue weighted by atomic mass is 35.5. The number of morpholine rings is 1. The molecule has 2 heterocycles. The number of ether oxygens (including phenoxy) is 1. The summed E-state index contributed by atoms with van der Waals surface area (Å²) in [4.78, 5) is 14.3. The quantitative estimate of drug-likeness (QED) is 0.915. The van der Waals surface area contributed by atoms with Crippen LogP contribution in [-0.4, -0.2) is 49.7 Å². The van der Waals surface area contributed by atoms with E-state index in [1.165, 1.54) is 5.56 Å². The highest BCUT2D eigenvalue weighted by molar-refractivity contribution is 6.30. The van der Waals surface area contributed by atoms with Gasteiger partial charge in [-0.1, -0.05) is 23.7 Å². The van der Waals surface area contributed by atoms with E-state index >= 15 is 0 Å². The molecule has 0 bridgehead atoms. The Balaban J connectivity index is 0.00000176. The van der Waals surface area contributed by atoms with Gasteiger partial charge in [-0.2, -0.15) is 0 Å². The van der Waals surface area contributed by atoms with Gasteiger partial charge in [0.05, 0.1) is 13.2 Å². The van der Waals surface area contributed by atoms with Gasteiger partial charge in [0.2, 0.25) is 5.91 Å². The lowest BCUT2D eigenvalue weighted by Gasteiger charge is -2.25. The van der Waals surface area contributed by atoms with E-state index in [1.807, 2.05) is 17.0 Å². The third-order valence-corrected chi connectivity index (χ3v) is 4.55. The van der Waals surface area contributed by atoms with Crippen molar-refractivity contribution in [3.63, 3.8) is 0 Å². The van der Waals surface area contributed by atoms with Crippen molar-refractivity contribution in [2.75, 3.05) is 32.8 Å². The first-order valence-electron chi connectivity index (χ1n) is 7.57. The van der Waals surface area contributed by atoms with Gasteiger partial charge < -0.3 is 15.0 Å². The van der Waals surface area contributed by atoms with E-state index in [9.17, 15) is 4.79 Å². The van der Waals surface area contributed by atoms with Crippen LogP contribution in [-0.2, 0) is 9.53 Å². The number of carbonyl (C=O) groups is 1. The molecule has 0 spiro atoms. The van der Waals surface area contributed by atoms with Crippen molar-refractivity contribution in [1.29, 1.82) is 0 Å². The van der Waals surface area contributed by atoms with Crippen molar-refractivity contribution < 1.29 is 9.53 Å². The molecule has 22 heavy (non-hydrogen) atoms. The second-order valence-electron chi connectivity index (χ2n) is 5.81. The van der Waals surface area contributed by atoms with Gasteiger partial charge >= 0.3 is 0 Å². The molecule has 0 aromatic heterocycles. The lowest BCUT2D eigenvalue weighted by Crippen LogP contribution is -2.44. The zero-order valence-electron chi connectivity index (χ0n) is 12.5. The number of benzene rings is 1. The molecular formula is C16H22Cl2N2O2. The molecule has 2 aliphatic rings. The monoisotopic (exact) mass is 344 g/mol. The predicted octanol–water partition coefficient (Wildman–Crippen LogP) is 2.46. The van der Waals surface area contributed by atoms with E-state index in [4.69, 9.17) is 16.3 Å². The normalized spacial score (nSPS) is 24.9. The van der Waals surface area contributed by atoms with Crippen LogP contribution in [0, 0.1) is 0 Å². The molecule has 0 aliphatic carbocycles. The van der Waals surface area contributed by atoms with Gasteiger partial charge in [-0.25, -0.2) is 0 Å². The number of amides is 1. The zero-order valence-corrected chi connectivity index (χ0v) is 14.0. The van der Waals surface area contributed by atoms with Crippen LogP contribution in [0.3, 0.4) is 0 Å². The van der Waals surface area contributed by atoms with E-state index < -0.39 is 0 Å². The molecule has 4 nitrogen and oxygen atoms in total. The highest BCUT2D eigenvalue weighted by Crippen LogP contribution is 2.28. The molecular weight excluding hydrogens is 323 g/mol. The molecule has 2 saturated heterocycles. The number of hydrogen-bond donors (Lipinski definition) is 1.